The number of ether oxygens (including phenoxy) is 1. The molecule has 2 aromatic rings. The van der Waals surface area contributed by atoms with Gasteiger partial charge in [0.1, 0.15) is 0 Å². The number of nitrogens with zero attached hydrogens (tertiary/aromatic N) is 3. The minimum Gasteiger partial charge on any atom is -0.375 e. The fourth-order valence-electron chi connectivity index (χ4n) is 4.95. The first-order chi connectivity index (χ1) is 14.4. The number of halogens is 3. The molecule has 1 atom stereocenters. The number of rotatable bonds is 6. The van der Waals surface area contributed by atoms with E-state index in [0.29, 0.717) is 12.1 Å². The first-order valence-electron chi connectivity index (χ1n) is 10.6. The summed E-state index contributed by atoms with van der Waals surface area (Å²) in [7, 11) is 0. The Hall–Kier alpha value is -2.06. The predicted molar refractivity (Wildman–Crippen MR) is 106 cm³/mol. The first-order valence-corrected chi connectivity index (χ1v) is 10.6. The van der Waals surface area contributed by atoms with Crippen LogP contribution in [-0.4, -0.2) is 33.7 Å². The van der Waals surface area contributed by atoms with Gasteiger partial charge < -0.3 is 10.1 Å². The van der Waals surface area contributed by atoms with Crippen molar-refractivity contribution in [2.75, 3.05) is 13.2 Å². The molecule has 1 aliphatic heterocycles. The molecule has 2 aromatic heterocycles. The maximum absolute atomic E-state index is 12.6. The molecule has 0 bridgehead atoms. The average molecular weight is 420 g/mol. The van der Waals surface area contributed by atoms with Gasteiger partial charge in [-0.2, -0.15) is 13.2 Å². The Morgan fingerprint density at radius 3 is 2.47 bits per heavy atom. The lowest BCUT2D eigenvalue weighted by atomic mass is 9.68. The standard InChI is InChI=1S/C22H27F3N4O/c23-22(24,25)19-28-14-17(15-29-19)13-26-11-8-20(18-5-1-4-10-27-18)9-12-30-21(16-20)6-2-3-7-21/h1,4-5,10,14-15,26H,2-3,6-9,11-13,16H2/t20-/m1/s1. The lowest BCUT2D eigenvalue weighted by molar-refractivity contribution is -0.145. The topological polar surface area (TPSA) is 59.9 Å². The molecule has 162 valence electrons. The zero-order valence-electron chi connectivity index (χ0n) is 16.9. The van der Waals surface area contributed by atoms with Crippen molar-refractivity contribution in [1.82, 2.24) is 20.3 Å². The Balaban J connectivity index is 1.41. The van der Waals surface area contributed by atoms with Gasteiger partial charge in [-0.3, -0.25) is 4.98 Å². The van der Waals surface area contributed by atoms with Crippen LogP contribution in [0, 0.1) is 0 Å². The minimum atomic E-state index is -4.51. The highest BCUT2D eigenvalue weighted by molar-refractivity contribution is 5.20. The van der Waals surface area contributed by atoms with Gasteiger partial charge in [0.15, 0.2) is 0 Å². The van der Waals surface area contributed by atoms with Gasteiger partial charge >= 0.3 is 6.18 Å². The van der Waals surface area contributed by atoms with Crippen molar-refractivity contribution < 1.29 is 17.9 Å². The fraction of sp³-hybridized carbons (Fsp3) is 0.591. The second-order valence-electron chi connectivity index (χ2n) is 8.50. The van der Waals surface area contributed by atoms with E-state index in [0.717, 1.165) is 50.9 Å². The third-order valence-corrected chi connectivity index (χ3v) is 6.44. The number of alkyl halides is 3. The zero-order chi connectivity index (χ0) is 21.1. The monoisotopic (exact) mass is 420 g/mol. The smallest absolute Gasteiger partial charge is 0.375 e. The second-order valence-corrected chi connectivity index (χ2v) is 8.50. The van der Waals surface area contributed by atoms with E-state index in [9.17, 15) is 13.2 Å². The van der Waals surface area contributed by atoms with Gasteiger partial charge in [0.25, 0.3) is 0 Å². The Morgan fingerprint density at radius 1 is 1.03 bits per heavy atom. The zero-order valence-corrected chi connectivity index (χ0v) is 16.9. The highest BCUT2D eigenvalue weighted by Gasteiger charge is 2.48. The highest BCUT2D eigenvalue weighted by Crippen LogP contribution is 2.49. The summed E-state index contributed by atoms with van der Waals surface area (Å²) in [6.45, 7) is 1.90. The van der Waals surface area contributed by atoms with Gasteiger partial charge in [0, 0.05) is 48.4 Å². The number of hydrogen-bond acceptors (Lipinski definition) is 5. The summed E-state index contributed by atoms with van der Waals surface area (Å²) in [4.78, 5) is 11.5. The van der Waals surface area contributed by atoms with Gasteiger partial charge in [-0.25, -0.2) is 9.97 Å². The van der Waals surface area contributed by atoms with Crippen LogP contribution in [0.5, 0.6) is 0 Å². The Kier molecular flexibility index (Phi) is 6.06. The molecule has 0 amide bonds. The second kappa shape index (κ2) is 8.59. The third kappa shape index (κ3) is 4.64. The summed E-state index contributed by atoms with van der Waals surface area (Å²) in [6.07, 6.45) is 7.25. The van der Waals surface area contributed by atoms with E-state index in [1.807, 2.05) is 18.3 Å². The Labute approximate surface area is 174 Å². The van der Waals surface area contributed by atoms with Crippen molar-refractivity contribution in [2.24, 2.45) is 0 Å². The molecule has 30 heavy (non-hydrogen) atoms. The predicted octanol–water partition coefficient (Wildman–Crippen LogP) is 4.43. The van der Waals surface area contributed by atoms with Gasteiger partial charge in [0.2, 0.25) is 5.82 Å². The molecule has 2 fully saturated rings. The molecule has 1 saturated carbocycles. The maximum Gasteiger partial charge on any atom is 0.451 e. The Bertz CT molecular complexity index is 823. The minimum absolute atomic E-state index is 0.0307. The van der Waals surface area contributed by atoms with Crippen LogP contribution >= 0.6 is 0 Å². The number of hydrogen-bond donors (Lipinski definition) is 1. The lowest BCUT2D eigenvalue weighted by Crippen LogP contribution is -2.47. The van der Waals surface area contributed by atoms with Crippen LogP contribution in [0.3, 0.4) is 0 Å². The molecule has 0 radical (unpaired) electrons. The molecule has 0 unspecified atom stereocenters. The summed E-state index contributed by atoms with van der Waals surface area (Å²) >= 11 is 0. The molecule has 8 heteroatoms. The lowest BCUT2D eigenvalue weighted by Gasteiger charge is -2.46. The third-order valence-electron chi connectivity index (χ3n) is 6.44. The van der Waals surface area contributed by atoms with E-state index in [2.05, 4.69) is 26.3 Å². The van der Waals surface area contributed by atoms with Crippen LogP contribution < -0.4 is 5.32 Å². The van der Waals surface area contributed by atoms with Gasteiger partial charge in [-0.05, 0) is 50.8 Å². The molecular weight excluding hydrogens is 393 g/mol. The van der Waals surface area contributed by atoms with Crippen molar-refractivity contribution >= 4 is 0 Å². The van der Waals surface area contributed by atoms with Crippen LogP contribution in [0.2, 0.25) is 0 Å². The van der Waals surface area contributed by atoms with Gasteiger partial charge in [-0.1, -0.05) is 18.9 Å². The summed E-state index contributed by atoms with van der Waals surface area (Å²) in [5, 5.41) is 3.35. The molecule has 1 saturated heterocycles. The molecule has 5 nitrogen and oxygen atoms in total. The number of aromatic nitrogens is 3. The Morgan fingerprint density at radius 2 is 1.80 bits per heavy atom. The van der Waals surface area contributed by atoms with E-state index < -0.39 is 12.0 Å². The highest BCUT2D eigenvalue weighted by atomic mass is 19.4. The quantitative estimate of drug-likeness (QED) is 0.701. The molecule has 2 aliphatic rings. The summed E-state index contributed by atoms with van der Waals surface area (Å²) in [5.74, 6) is -1.11. The molecule has 4 rings (SSSR count). The molecular formula is C22H27F3N4O. The van der Waals surface area contributed by atoms with Crippen LogP contribution in [-0.2, 0) is 22.9 Å². The summed E-state index contributed by atoms with van der Waals surface area (Å²) in [5.41, 5.74) is 1.67. The largest absolute Gasteiger partial charge is 0.451 e. The molecule has 1 N–H and O–H groups in total. The average Bonchev–Trinajstić information content (AvgIpc) is 3.19. The molecule has 1 aliphatic carbocycles. The molecule has 3 heterocycles. The van der Waals surface area contributed by atoms with Gasteiger partial charge in [0.05, 0.1) is 5.60 Å². The van der Waals surface area contributed by atoms with Crippen LogP contribution in [0.15, 0.2) is 36.8 Å². The van der Waals surface area contributed by atoms with Gasteiger partial charge in [-0.15, -0.1) is 0 Å². The molecule has 1 spiro atoms. The van der Waals surface area contributed by atoms with Crippen molar-refractivity contribution in [2.45, 2.75) is 68.7 Å². The maximum atomic E-state index is 12.6. The van der Waals surface area contributed by atoms with Crippen LogP contribution in [0.25, 0.3) is 0 Å². The molecule has 0 aromatic carbocycles. The van der Waals surface area contributed by atoms with Crippen molar-refractivity contribution in [3.8, 4) is 0 Å². The van der Waals surface area contributed by atoms with Crippen molar-refractivity contribution in [3.05, 3.63) is 53.9 Å². The van der Waals surface area contributed by atoms with E-state index in [1.54, 1.807) is 0 Å². The normalized spacial score (nSPS) is 23.7. The van der Waals surface area contributed by atoms with Crippen LogP contribution in [0.1, 0.15) is 62.0 Å². The number of pyridine rings is 1. The van der Waals surface area contributed by atoms with E-state index >= 15 is 0 Å². The first kappa shape index (κ1) is 21.2. The van der Waals surface area contributed by atoms with Crippen molar-refractivity contribution in [1.29, 1.82) is 0 Å². The van der Waals surface area contributed by atoms with E-state index in [4.69, 9.17) is 4.74 Å². The van der Waals surface area contributed by atoms with E-state index in [-0.39, 0.29) is 11.0 Å². The SMILES string of the molecule is FC(F)(F)c1ncc(CNCC[C@@]2(c3ccccn3)CCOC3(CCCC3)C2)cn1. The van der Waals surface area contributed by atoms with Crippen LogP contribution in [0.4, 0.5) is 13.2 Å². The summed E-state index contributed by atoms with van der Waals surface area (Å²) in [6, 6.07) is 6.08. The fourth-order valence-corrected chi connectivity index (χ4v) is 4.95. The number of nitrogens with one attached hydrogen (secondary N) is 1. The van der Waals surface area contributed by atoms with Crippen molar-refractivity contribution in [3.63, 3.8) is 0 Å². The summed E-state index contributed by atoms with van der Waals surface area (Å²) < 4.78 is 44.1. The van der Waals surface area contributed by atoms with E-state index in [1.165, 1.54) is 25.2 Å².